The highest BCUT2D eigenvalue weighted by molar-refractivity contribution is 5.76. The number of nitrogens with one attached hydrogen (secondary N) is 1. The molecule has 1 aliphatic rings. The van der Waals surface area contributed by atoms with Gasteiger partial charge in [0.25, 0.3) is 0 Å². The van der Waals surface area contributed by atoms with Gasteiger partial charge in [-0.3, -0.25) is 4.79 Å². The first-order valence-electron chi connectivity index (χ1n) is 36.6. The molecule has 0 spiro atoms. The summed E-state index contributed by atoms with van der Waals surface area (Å²) in [4.78, 5) is 13.2. The largest absolute Gasteiger partial charge is 0.394 e. The molecule has 1 saturated heterocycles. The first-order chi connectivity index (χ1) is 41.8. The van der Waals surface area contributed by atoms with Gasteiger partial charge in [-0.1, -0.05) is 350 Å². The van der Waals surface area contributed by atoms with Crippen molar-refractivity contribution in [2.45, 2.75) is 391 Å². The van der Waals surface area contributed by atoms with Gasteiger partial charge in [0.05, 0.1) is 25.4 Å². The third-order valence-corrected chi connectivity index (χ3v) is 17.3. The number of hydrogen-bond donors (Lipinski definition) is 6. The van der Waals surface area contributed by atoms with Gasteiger partial charge in [-0.15, -0.1) is 0 Å². The molecule has 0 saturated carbocycles. The Balaban J connectivity index is 2.11. The second-order valence-corrected chi connectivity index (χ2v) is 25.4. The highest BCUT2D eigenvalue weighted by atomic mass is 16.7. The van der Waals surface area contributed by atoms with Gasteiger partial charge in [0.2, 0.25) is 5.91 Å². The Bertz CT molecular complexity index is 1570. The number of ether oxygens (including phenoxy) is 2. The smallest absolute Gasteiger partial charge is 0.220 e. The molecule has 1 aliphatic heterocycles. The average molecular weight is 1190 g/mol. The topological polar surface area (TPSA) is 149 Å². The summed E-state index contributed by atoms with van der Waals surface area (Å²) in [6.45, 7) is 3.77. The number of hydrogen-bond acceptors (Lipinski definition) is 8. The molecule has 6 N–H and O–H groups in total. The zero-order valence-electron chi connectivity index (χ0n) is 55.6. The van der Waals surface area contributed by atoms with Gasteiger partial charge in [0.15, 0.2) is 6.29 Å². The molecule has 7 atom stereocenters. The summed E-state index contributed by atoms with van der Waals surface area (Å²) in [5.41, 5.74) is 0. The van der Waals surface area contributed by atoms with Crippen LogP contribution in [0, 0.1) is 0 Å². The molecule has 496 valence electrons. The molecular formula is C76H139NO8. The second-order valence-electron chi connectivity index (χ2n) is 25.4. The van der Waals surface area contributed by atoms with Crippen LogP contribution in [0.25, 0.3) is 0 Å². The zero-order valence-corrected chi connectivity index (χ0v) is 55.6. The molecule has 1 rings (SSSR count). The highest BCUT2D eigenvalue weighted by Crippen LogP contribution is 2.24. The van der Waals surface area contributed by atoms with Crippen LogP contribution in [0.1, 0.15) is 348 Å². The van der Waals surface area contributed by atoms with E-state index >= 15 is 0 Å². The normalized spacial score (nSPS) is 18.5. The van der Waals surface area contributed by atoms with E-state index in [1.165, 1.54) is 244 Å². The standard InChI is InChI=1S/C76H139NO8/c1-3-5-7-9-11-13-15-17-19-21-23-25-27-29-31-33-35-37-39-41-43-45-47-49-51-53-55-57-59-61-63-65-70(79)69(68-84-76-75(83)74(82)73(81)71(67-78)85-76)77-72(80)66-64-62-60-58-56-54-52-50-48-46-44-42-40-38-36-34-32-30-28-26-24-22-20-18-16-14-12-10-8-6-4-2/h6,8,12,14,18,20,24,26,30,32,36,38,69-71,73-76,78-79,81-83H,3-5,7,9-11,13,15-17,19,21-23,25,27-29,31,33-35,37,39-68H2,1-2H3,(H,77,80)/b8-6-,14-12-,20-18-,26-24-,32-30-,38-36-. The van der Waals surface area contributed by atoms with E-state index in [2.05, 4.69) is 92.1 Å². The van der Waals surface area contributed by atoms with Crippen molar-refractivity contribution in [2.24, 2.45) is 0 Å². The van der Waals surface area contributed by atoms with Crippen LogP contribution >= 0.6 is 0 Å². The monoisotopic (exact) mass is 1190 g/mol. The molecule has 0 radical (unpaired) electrons. The minimum atomic E-state index is -1.56. The number of allylic oxidation sites excluding steroid dienone is 12. The molecule has 1 amide bonds. The van der Waals surface area contributed by atoms with E-state index in [9.17, 15) is 30.3 Å². The molecule has 0 aromatic heterocycles. The minimum absolute atomic E-state index is 0.139. The van der Waals surface area contributed by atoms with Crippen molar-refractivity contribution in [3.8, 4) is 0 Å². The van der Waals surface area contributed by atoms with Crippen LogP contribution in [0.4, 0.5) is 0 Å². The van der Waals surface area contributed by atoms with Gasteiger partial charge in [-0.2, -0.15) is 0 Å². The third kappa shape index (κ3) is 53.2. The van der Waals surface area contributed by atoms with Crippen molar-refractivity contribution in [3.05, 3.63) is 72.9 Å². The van der Waals surface area contributed by atoms with Crippen LogP contribution in [0.3, 0.4) is 0 Å². The number of carbonyl (C=O) groups is 1. The number of rotatable bonds is 64. The van der Waals surface area contributed by atoms with E-state index < -0.39 is 49.5 Å². The van der Waals surface area contributed by atoms with E-state index in [0.717, 1.165) is 77.0 Å². The number of aliphatic hydroxyl groups is 5. The molecule has 1 heterocycles. The molecule has 0 aromatic carbocycles. The van der Waals surface area contributed by atoms with Gasteiger partial charge in [0.1, 0.15) is 24.4 Å². The molecule has 7 unspecified atom stereocenters. The van der Waals surface area contributed by atoms with Crippen LogP contribution in [0.15, 0.2) is 72.9 Å². The van der Waals surface area contributed by atoms with Gasteiger partial charge in [-0.25, -0.2) is 0 Å². The summed E-state index contributed by atoms with van der Waals surface area (Å²) in [5, 5.41) is 55.0. The quantitative estimate of drug-likeness (QED) is 0.0261. The predicted octanol–water partition coefficient (Wildman–Crippen LogP) is 20.3. The van der Waals surface area contributed by atoms with Gasteiger partial charge in [0, 0.05) is 6.42 Å². The molecule has 9 heteroatoms. The number of unbranched alkanes of at least 4 members (excludes halogenated alkanes) is 42. The Hall–Kier alpha value is -2.37. The number of carbonyl (C=O) groups excluding carboxylic acids is 1. The van der Waals surface area contributed by atoms with E-state index in [1.54, 1.807) is 0 Å². The third-order valence-electron chi connectivity index (χ3n) is 17.3. The van der Waals surface area contributed by atoms with Crippen LogP contribution in [0.5, 0.6) is 0 Å². The molecular weight excluding hydrogens is 1050 g/mol. The maximum absolute atomic E-state index is 13.2. The minimum Gasteiger partial charge on any atom is -0.394 e. The first-order valence-corrected chi connectivity index (χ1v) is 36.6. The van der Waals surface area contributed by atoms with E-state index in [1.807, 2.05) is 0 Å². The van der Waals surface area contributed by atoms with Crippen molar-refractivity contribution < 1.29 is 39.8 Å². The maximum Gasteiger partial charge on any atom is 0.220 e. The van der Waals surface area contributed by atoms with Gasteiger partial charge >= 0.3 is 0 Å². The Morgan fingerprint density at radius 2 is 0.729 bits per heavy atom. The lowest BCUT2D eigenvalue weighted by molar-refractivity contribution is -0.302. The Morgan fingerprint density at radius 1 is 0.412 bits per heavy atom. The maximum atomic E-state index is 13.2. The fourth-order valence-electron chi connectivity index (χ4n) is 11.6. The summed E-state index contributed by atoms with van der Waals surface area (Å²) >= 11 is 0. The zero-order chi connectivity index (χ0) is 61.4. The van der Waals surface area contributed by atoms with E-state index in [-0.39, 0.29) is 12.5 Å². The molecule has 0 aliphatic carbocycles. The molecule has 85 heavy (non-hydrogen) atoms. The molecule has 0 bridgehead atoms. The van der Waals surface area contributed by atoms with E-state index in [0.29, 0.717) is 12.8 Å². The van der Waals surface area contributed by atoms with E-state index in [4.69, 9.17) is 9.47 Å². The fourth-order valence-corrected chi connectivity index (χ4v) is 11.6. The lowest BCUT2D eigenvalue weighted by Crippen LogP contribution is -2.60. The lowest BCUT2D eigenvalue weighted by atomic mass is 9.99. The molecule has 0 aromatic rings. The van der Waals surface area contributed by atoms with Gasteiger partial charge in [-0.05, 0) is 64.2 Å². The first kappa shape index (κ1) is 80.6. The Labute approximate surface area is 525 Å². The highest BCUT2D eigenvalue weighted by Gasteiger charge is 2.44. The van der Waals surface area contributed by atoms with Crippen molar-refractivity contribution in [3.63, 3.8) is 0 Å². The van der Waals surface area contributed by atoms with Crippen molar-refractivity contribution in [1.29, 1.82) is 0 Å². The fraction of sp³-hybridized carbons (Fsp3) is 0.829. The second kappa shape index (κ2) is 64.6. The summed E-state index contributed by atoms with van der Waals surface area (Å²) < 4.78 is 11.4. The van der Waals surface area contributed by atoms with Crippen LogP contribution < -0.4 is 5.32 Å². The summed E-state index contributed by atoms with van der Waals surface area (Å²) in [6.07, 6.45) is 84.0. The summed E-state index contributed by atoms with van der Waals surface area (Å²) in [6, 6.07) is -0.726. The molecule has 1 fully saturated rings. The molecule has 9 nitrogen and oxygen atoms in total. The summed E-state index contributed by atoms with van der Waals surface area (Å²) in [5.74, 6) is -0.144. The number of aliphatic hydroxyl groups excluding tert-OH is 5. The number of amides is 1. The van der Waals surface area contributed by atoms with Crippen LogP contribution in [-0.2, 0) is 14.3 Å². The van der Waals surface area contributed by atoms with Crippen molar-refractivity contribution >= 4 is 5.91 Å². The predicted molar refractivity (Wildman–Crippen MR) is 364 cm³/mol. The average Bonchev–Trinajstić information content (AvgIpc) is 3.54. The van der Waals surface area contributed by atoms with Crippen LogP contribution in [0.2, 0.25) is 0 Å². The van der Waals surface area contributed by atoms with Crippen LogP contribution in [-0.4, -0.2) is 87.5 Å². The van der Waals surface area contributed by atoms with Crippen molar-refractivity contribution in [2.75, 3.05) is 13.2 Å². The summed E-state index contributed by atoms with van der Waals surface area (Å²) in [7, 11) is 0. The Morgan fingerprint density at radius 3 is 1.08 bits per heavy atom. The SMILES string of the molecule is CC/C=C\C/C=C\C/C=C\C/C=C\C/C=C\C/C=C\CCCCCCCCCCCCCCC(=O)NC(COC1OC(CO)C(O)C(O)C1O)C(O)CCCCCCCCCCCCCCCCCCCCCCCCCCCCCCCCC. The van der Waals surface area contributed by atoms with Crippen molar-refractivity contribution in [1.82, 2.24) is 5.32 Å². The lowest BCUT2D eigenvalue weighted by Gasteiger charge is -2.40. The Kier molecular flexibility index (Phi) is 61.3. The van der Waals surface area contributed by atoms with Gasteiger partial charge < -0.3 is 40.3 Å².